The Balaban J connectivity index is 1.76. The van der Waals surface area contributed by atoms with Crippen molar-refractivity contribution in [3.8, 4) is 0 Å². The van der Waals surface area contributed by atoms with Gasteiger partial charge in [0, 0.05) is 21.7 Å². The van der Waals surface area contributed by atoms with Crippen molar-refractivity contribution >= 4 is 40.7 Å². The van der Waals surface area contributed by atoms with Crippen molar-refractivity contribution in [1.29, 1.82) is 0 Å². The van der Waals surface area contributed by atoms with Gasteiger partial charge in [0.05, 0.1) is 12.3 Å². The molecule has 2 amide bonds. The highest BCUT2D eigenvalue weighted by atomic mass is 35.5. The van der Waals surface area contributed by atoms with Crippen LogP contribution in [0.25, 0.3) is 0 Å². The maximum absolute atomic E-state index is 12.5. The van der Waals surface area contributed by atoms with Crippen LogP contribution in [0.5, 0.6) is 0 Å². The van der Waals surface area contributed by atoms with Gasteiger partial charge < -0.3 is 5.32 Å². The molecule has 2 aliphatic rings. The third-order valence-corrected chi connectivity index (χ3v) is 4.46. The first-order valence-electron chi connectivity index (χ1n) is 7.07. The van der Waals surface area contributed by atoms with Crippen LogP contribution in [-0.4, -0.2) is 28.6 Å². The fourth-order valence-electron chi connectivity index (χ4n) is 2.39. The Hall–Kier alpha value is -1.59. The average Bonchev–Trinajstić information content (AvgIpc) is 3.20. The number of carbonyl (C=O) groups excluding carboxylic acids is 2. The Morgan fingerprint density at radius 1 is 1.36 bits per heavy atom. The first-order valence-corrected chi connectivity index (χ1v) is 7.82. The molecule has 1 N–H and O–H groups in total. The largest absolute Gasteiger partial charge is 0.352 e. The molecule has 1 aromatic rings. The number of rotatable bonds is 4. The predicted molar refractivity (Wildman–Crippen MR) is 84.8 cm³/mol. The van der Waals surface area contributed by atoms with Crippen molar-refractivity contribution in [1.82, 2.24) is 10.3 Å². The SMILES string of the molecule is CC1=NN(Cc2c(Cl)cccc2Cl)C(=O)C1C(=O)NC1CC1. The zero-order valence-corrected chi connectivity index (χ0v) is 13.5. The molecule has 1 fully saturated rings. The first-order chi connectivity index (χ1) is 10.5. The van der Waals surface area contributed by atoms with Gasteiger partial charge in [0.25, 0.3) is 5.91 Å². The van der Waals surface area contributed by atoms with Crippen LogP contribution in [0.2, 0.25) is 10.0 Å². The van der Waals surface area contributed by atoms with Gasteiger partial charge in [-0.3, -0.25) is 9.59 Å². The van der Waals surface area contributed by atoms with E-state index in [0.29, 0.717) is 21.3 Å². The van der Waals surface area contributed by atoms with E-state index < -0.39 is 5.92 Å². The highest BCUT2D eigenvalue weighted by Gasteiger charge is 2.40. The van der Waals surface area contributed by atoms with Crippen LogP contribution >= 0.6 is 23.2 Å². The van der Waals surface area contributed by atoms with Crippen LogP contribution in [0, 0.1) is 5.92 Å². The number of nitrogens with one attached hydrogen (secondary N) is 1. The quantitative estimate of drug-likeness (QED) is 0.857. The molecule has 1 heterocycles. The van der Waals surface area contributed by atoms with Crippen molar-refractivity contribution in [2.75, 3.05) is 0 Å². The van der Waals surface area contributed by atoms with Gasteiger partial charge in [0.1, 0.15) is 0 Å². The summed E-state index contributed by atoms with van der Waals surface area (Å²) < 4.78 is 0. The highest BCUT2D eigenvalue weighted by molar-refractivity contribution is 6.36. The fraction of sp³-hybridized carbons (Fsp3) is 0.400. The highest BCUT2D eigenvalue weighted by Crippen LogP contribution is 2.28. The van der Waals surface area contributed by atoms with Gasteiger partial charge in [-0.25, -0.2) is 5.01 Å². The van der Waals surface area contributed by atoms with Crippen LogP contribution in [0.1, 0.15) is 25.3 Å². The summed E-state index contributed by atoms with van der Waals surface area (Å²) in [6.07, 6.45) is 1.95. The lowest BCUT2D eigenvalue weighted by atomic mass is 10.0. The molecule has 5 nitrogen and oxygen atoms in total. The second-order valence-corrected chi connectivity index (χ2v) is 6.37. The molecule has 1 atom stereocenters. The molecule has 0 saturated heterocycles. The standard InChI is InChI=1S/C15H15Cl2N3O2/c1-8-13(14(21)18-9-5-6-9)15(22)20(19-8)7-10-11(16)3-2-4-12(10)17/h2-4,9,13H,5-7H2,1H3,(H,18,21). The lowest BCUT2D eigenvalue weighted by Crippen LogP contribution is -2.40. The zero-order valence-electron chi connectivity index (χ0n) is 12.0. The molecule has 1 aliphatic heterocycles. The molecule has 0 radical (unpaired) electrons. The third-order valence-electron chi connectivity index (χ3n) is 3.75. The first kappa shape index (κ1) is 15.3. The van der Waals surface area contributed by atoms with Crippen molar-refractivity contribution in [2.24, 2.45) is 11.0 Å². The van der Waals surface area contributed by atoms with Crippen LogP contribution in [0.15, 0.2) is 23.3 Å². The zero-order chi connectivity index (χ0) is 15.9. The fourth-order valence-corrected chi connectivity index (χ4v) is 2.90. The summed E-state index contributed by atoms with van der Waals surface area (Å²) in [5.41, 5.74) is 1.12. The van der Waals surface area contributed by atoms with Crippen LogP contribution in [0.4, 0.5) is 0 Å². The van der Waals surface area contributed by atoms with Gasteiger partial charge >= 0.3 is 0 Å². The topological polar surface area (TPSA) is 61.8 Å². The van der Waals surface area contributed by atoms with Crippen molar-refractivity contribution in [2.45, 2.75) is 32.4 Å². The molecular formula is C15H15Cl2N3O2. The smallest absolute Gasteiger partial charge is 0.261 e. The van der Waals surface area contributed by atoms with Crippen LogP contribution < -0.4 is 5.32 Å². The van der Waals surface area contributed by atoms with E-state index in [-0.39, 0.29) is 24.4 Å². The number of hydrazone groups is 1. The summed E-state index contributed by atoms with van der Waals surface area (Å²) in [5, 5.41) is 9.25. The molecule has 1 saturated carbocycles. The van der Waals surface area contributed by atoms with E-state index in [2.05, 4.69) is 10.4 Å². The Kier molecular flexibility index (Phi) is 4.10. The molecule has 22 heavy (non-hydrogen) atoms. The Morgan fingerprint density at radius 2 is 2.00 bits per heavy atom. The summed E-state index contributed by atoms with van der Waals surface area (Å²) in [6.45, 7) is 1.84. The summed E-state index contributed by atoms with van der Waals surface area (Å²) in [7, 11) is 0. The van der Waals surface area contributed by atoms with E-state index in [1.807, 2.05) is 0 Å². The normalized spacial score (nSPS) is 21.0. The maximum atomic E-state index is 12.5. The number of halogens is 2. The van der Waals surface area contributed by atoms with E-state index in [0.717, 1.165) is 12.8 Å². The average molecular weight is 340 g/mol. The molecule has 116 valence electrons. The van der Waals surface area contributed by atoms with E-state index in [1.54, 1.807) is 25.1 Å². The van der Waals surface area contributed by atoms with Crippen molar-refractivity contribution < 1.29 is 9.59 Å². The Labute approximate surface area is 138 Å². The predicted octanol–water partition coefficient (Wildman–Crippen LogP) is 2.61. The minimum Gasteiger partial charge on any atom is -0.352 e. The monoisotopic (exact) mass is 339 g/mol. The number of hydrogen-bond acceptors (Lipinski definition) is 3. The van der Waals surface area contributed by atoms with Gasteiger partial charge in [-0.2, -0.15) is 5.10 Å². The van der Waals surface area contributed by atoms with E-state index in [4.69, 9.17) is 23.2 Å². The molecule has 1 aliphatic carbocycles. The minimum absolute atomic E-state index is 0.155. The van der Waals surface area contributed by atoms with Crippen molar-refractivity contribution in [3.05, 3.63) is 33.8 Å². The van der Waals surface area contributed by atoms with Gasteiger partial charge in [0.2, 0.25) is 5.91 Å². The van der Waals surface area contributed by atoms with E-state index >= 15 is 0 Å². The molecule has 0 bridgehead atoms. The molecule has 3 rings (SSSR count). The Bertz CT molecular complexity index is 651. The minimum atomic E-state index is -0.845. The summed E-state index contributed by atoms with van der Waals surface area (Å²) >= 11 is 12.2. The van der Waals surface area contributed by atoms with E-state index in [9.17, 15) is 9.59 Å². The summed E-state index contributed by atoms with van der Waals surface area (Å²) in [4.78, 5) is 24.6. The third kappa shape index (κ3) is 2.96. The number of amides is 2. The van der Waals surface area contributed by atoms with Gasteiger partial charge in [0.15, 0.2) is 5.92 Å². The van der Waals surface area contributed by atoms with Crippen LogP contribution in [0.3, 0.4) is 0 Å². The van der Waals surface area contributed by atoms with Crippen LogP contribution in [-0.2, 0) is 16.1 Å². The van der Waals surface area contributed by atoms with Crippen molar-refractivity contribution in [3.63, 3.8) is 0 Å². The second kappa shape index (κ2) is 5.89. The van der Waals surface area contributed by atoms with Gasteiger partial charge in [-0.1, -0.05) is 29.3 Å². The number of benzene rings is 1. The molecule has 1 aromatic carbocycles. The Morgan fingerprint density at radius 3 is 2.59 bits per heavy atom. The number of nitrogens with zero attached hydrogens (tertiary/aromatic N) is 2. The second-order valence-electron chi connectivity index (χ2n) is 5.55. The molecule has 7 heteroatoms. The molecule has 0 spiro atoms. The summed E-state index contributed by atoms with van der Waals surface area (Å²) in [5.74, 6) is -1.46. The number of hydrogen-bond donors (Lipinski definition) is 1. The van der Waals surface area contributed by atoms with Gasteiger partial charge in [-0.05, 0) is 31.9 Å². The lowest BCUT2D eigenvalue weighted by molar-refractivity contribution is -0.138. The van der Waals surface area contributed by atoms with E-state index in [1.165, 1.54) is 5.01 Å². The maximum Gasteiger partial charge on any atom is 0.261 e. The lowest BCUT2D eigenvalue weighted by Gasteiger charge is -2.16. The number of carbonyl (C=O) groups is 2. The van der Waals surface area contributed by atoms with Gasteiger partial charge in [-0.15, -0.1) is 0 Å². The summed E-state index contributed by atoms with van der Waals surface area (Å²) in [6, 6.07) is 5.36. The molecular weight excluding hydrogens is 325 g/mol. The molecule has 1 unspecified atom stereocenters. The molecule has 0 aromatic heterocycles.